The molecule has 0 amide bonds. The molecule has 2 aromatic heterocycles. The zero-order valence-corrected chi connectivity index (χ0v) is 22.1. The predicted octanol–water partition coefficient (Wildman–Crippen LogP) is 7.66. The SMILES string of the molecule is C=CN=C(/C=C\C)N=Cc1ccc(-c2ccc(/C=N/C(=C/C=C\C)/N=C\C)cn2)nc1.CC.CC. The molecule has 0 bridgehead atoms. The second-order valence-corrected chi connectivity index (χ2v) is 6.08. The number of amidine groups is 1. The molecule has 0 unspecified atom stereocenters. The second-order valence-electron chi connectivity index (χ2n) is 6.08. The van der Waals surface area contributed by atoms with Crippen LogP contribution in [0.5, 0.6) is 0 Å². The van der Waals surface area contributed by atoms with E-state index in [9.17, 15) is 0 Å². The number of allylic oxidation sites excluding steroid dienone is 4. The molecule has 0 atom stereocenters. The third kappa shape index (κ3) is 12.7. The fourth-order valence-corrected chi connectivity index (χ4v) is 2.34. The Balaban J connectivity index is 0.00000274. The van der Waals surface area contributed by atoms with Gasteiger partial charge in [-0.25, -0.2) is 20.0 Å². The van der Waals surface area contributed by atoms with Gasteiger partial charge in [0.25, 0.3) is 0 Å². The Morgan fingerprint density at radius 1 is 0.771 bits per heavy atom. The van der Waals surface area contributed by atoms with Gasteiger partial charge < -0.3 is 0 Å². The van der Waals surface area contributed by atoms with Crippen molar-refractivity contribution in [3.63, 3.8) is 0 Å². The van der Waals surface area contributed by atoms with E-state index in [2.05, 4.69) is 36.5 Å². The lowest BCUT2D eigenvalue weighted by Crippen LogP contribution is -1.93. The molecule has 6 heteroatoms. The van der Waals surface area contributed by atoms with Crippen LogP contribution in [0.2, 0.25) is 0 Å². The molecule has 0 aliphatic heterocycles. The molecule has 2 rings (SSSR count). The third-order valence-corrected chi connectivity index (χ3v) is 3.77. The van der Waals surface area contributed by atoms with Gasteiger partial charge >= 0.3 is 0 Å². The zero-order chi connectivity index (χ0) is 26.3. The Hall–Kier alpha value is -4.06. The molecule has 0 N–H and O–H groups in total. The lowest BCUT2D eigenvalue weighted by molar-refractivity contribution is 1.23. The highest BCUT2D eigenvalue weighted by Crippen LogP contribution is 2.14. The van der Waals surface area contributed by atoms with Crippen LogP contribution in [0.1, 0.15) is 59.6 Å². The Morgan fingerprint density at radius 2 is 1.34 bits per heavy atom. The highest BCUT2D eigenvalue weighted by molar-refractivity contribution is 6.01. The summed E-state index contributed by atoms with van der Waals surface area (Å²) >= 11 is 0. The van der Waals surface area contributed by atoms with Gasteiger partial charge in [-0.1, -0.05) is 52.5 Å². The molecule has 0 spiro atoms. The van der Waals surface area contributed by atoms with Crippen molar-refractivity contribution in [3.8, 4) is 11.4 Å². The minimum absolute atomic E-state index is 0.578. The Labute approximate surface area is 211 Å². The van der Waals surface area contributed by atoms with E-state index in [0.29, 0.717) is 11.7 Å². The highest BCUT2D eigenvalue weighted by Gasteiger charge is 2.01. The monoisotopic (exact) mass is 470 g/mol. The molecule has 184 valence electrons. The maximum Gasteiger partial charge on any atom is 0.151 e. The van der Waals surface area contributed by atoms with Gasteiger partial charge in [-0.2, -0.15) is 0 Å². The molecule has 0 aliphatic carbocycles. The summed E-state index contributed by atoms with van der Waals surface area (Å²) in [6, 6.07) is 7.70. The van der Waals surface area contributed by atoms with E-state index in [1.165, 1.54) is 6.20 Å². The van der Waals surface area contributed by atoms with Gasteiger partial charge in [0.2, 0.25) is 0 Å². The predicted molar refractivity (Wildman–Crippen MR) is 155 cm³/mol. The van der Waals surface area contributed by atoms with E-state index in [1.807, 2.05) is 103 Å². The van der Waals surface area contributed by atoms with E-state index in [4.69, 9.17) is 0 Å². The summed E-state index contributed by atoms with van der Waals surface area (Å²) in [4.78, 5) is 26.0. The summed E-state index contributed by atoms with van der Waals surface area (Å²) in [6.45, 7) is 17.3. The molecule has 0 saturated carbocycles. The lowest BCUT2D eigenvalue weighted by atomic mass is 10.2. The number of aliphatic imine (C=N–C) groups is 4. The molecule has 0 aromatic carbocycles. The molecular formula is C29H38N6. The zero-order valence-electron chi connectivity index (χ0n) is 22.1. The molecule has 35 heavy (non-hydrogen) atoms. The van der Waals surface area contributed by atoms with Gasteiger partial charge in [0, 0.05) is 48.4 Å². The average Bonchev–Trinajstić information content (AvgIpc) is 2.92. The Morgan fingerprint density at radius 3 is 1.77 bits per heavy atom. The average molecular weight is 471 g/mol. The molecule has 0 radical (unpaired) electrons. The van der Waals surface area contributed by atoms with Crippen LogP contribution in [-0.2, 0) is 0 Å². The normalized spacial score (nSPS) is 12.3. The first kappa shape index (κ1) is 30.9. The maximum absolute atomic E-state index is 4.49. The van der Waals surface area contributed by atoms with Crippen molar-refractivity contribution in [2.75, 3.05) is 0 Å². The van der Waals surface area contributed by atoms with Crippen LogP contribution >= 0.6 is 0 Å². The first-order valence-electron chi connectivity index (χ1n) is 11.8. The Kier molecular flexibility index (Phi) is 18.2. The van der Waals surface area contributed by atoms with E-state index in [1.54, 1.807) is 31.0 Å². The molecular weight excluding hydrogens is 432 g/mol. The Bertz CT molecular complexity index is 1050. The van der Waals surface area contributed by atoms with Crippen molar-refractivity contribution in [2.45, 2.75) is 48.5 Å². The minimum Gasteiger partial charge on any atom is -0.254 e. The summed E-state index contributed by atoms with van der Waals surface area (Å²) < 4.78 is 0. The first-order chi connectivity index (χ1) is 17.2. The van der Waals surface area contributed by atoms with Crippen LogP contribution in [0.4, 0.5) is 0 Å². The van der Waals surface area contributed by atoms with Gasteiger partial charge in [0.05, 0.1) is 11.4 Å². The quantitative estimate of drug-likeness (QED) is 0.225. The highest BCUT2D eigenvalue weighted by atomic mass is 14.9. The van der Waals surface area contributed by atoms with Crippen LogP contribution in [0.15, 0.2) is 106 Å². The molecule has 2 heterocycles. The standard InChI is InChI=1S/C25H26N6.2C2H6/c1-5-9-11-25(27-8-4)31-19-21-13-15-23(29-17-21)22-14-12-20(16-28-22)18-30-24(10-6-2)26-7-3;2*1-2/h5-19H,3H2,1-2,4H3;2*1-2H3/b9-5-,10-6-,25-11+,26-24?,27-8-,30-18?,31-19+;;. The van der Waals surface area contributed by atoms with Crippen molar-refractivity contribution in [1.82, 2.24) is 9.97 Å². The minimum atomic E-state index is 0.578. The number of hydrogen-bond donors (Lipinski definition) is 0. The number of hydrogen-bond acceptors (Lipinski definition) is 5. The summed E-state index contributed by atoms with van der Waals surface area (Å²) in [5.41, 5.74) is 3.30. The molecule has 0 saturated heterocycles. The van der Waals surface area contributed by atoms with Crippen molar-refractivity contribution >= 4 is 24.5 Å². The van der Waals surface area contributed by atoms with Gasteiger partial charge in [-0.3, -0.25) is 9.97 Å². The number of rotatable bonds is 8. The number of aromatic nitrogens is 2. The van der Waals surface area contributed by atoms with Gasteiger partial charge in [0.1, 0.15) is 0 Å². The van der Waals surface area contributed by atoms with Crippen LogP contribution in [0, 0.1) is 0 Å². The van der Waals surface area contributed by atoms with E-state index in [-0.39, 0.29) is 0 Å². The fraction of sp³-hybridized carbons (Fsp3) is 0.241. The summed E-state index contributed by atoms with van der Waals surface area (Å²) in [5, 5.41) is 0. The summed E-state index contributed by atoms with van der Waals surface area (Å²) in [7, 11) is 0. The number of pyridine rings is 2. The van der Waals surface area contributed by atoms with Crippen LogP contribution in [0.3, 0.4) is 0 Å². The van der Waals surface area contributed by atoms with E-state index < -0.39 is 0 Å². The summed E-state index contributed by atoms with van der Waals surface area (Å²) in [6.07, 6.45) is 19.5. The topological polar surface area (TPSA) is 75.2 Å². The molecule has 0 aliphatic rings. The largest absolute Gasteiger partial charge is 0.254 e. The van der Waals surface area contributed by atoms with Crippen LogP contribution in [-0.4, -0.2) is 34.4 Å². The third-order valence-electron chi connectivity index (χ3n) is 3.77. The molecule has 0 fully saturated rings. The smallest absolute Gasteiger partial charge is 0.151 e. The van der Waals surface area contributed by atoms with Gasteiger partial charge in [-0.05, 0) is 57.2 Å². The van der Waals surface area contributed by atoms with Crippen LogP contribution < -0.4 is 0 Å². The summed E-state index contributed by atoms with van der Waals surface area (Å²) in [5.74, 6) is 1.20. The van der Waals surface area contributed by atoms with Crippen LogP contribution in [0.25, 0.3) is 11.4 Å². The van der Waals surface area contributed by atoms with E-state index in [0.717, 1.165) is 22.5 Å². The van der Waals surface area contributed by atoms with Crippen molar-refractivity contribution < 1.29 is 0 Å². The number of nitrogens with zero attached hydrogens (tertiary/aromatic N) is 6. The molecule has 6 nitrogen and oxygen atoms in total. The lowest BCUT2D eigenvalue weighted by Gasteiger charge is -2.01. The second kappa shape index (κ2) is 20.5. The molecule has 2 aromatic rings. The van der Waals surface area contributed by atoms with Crippen molar-refractivity contribution in [1.29, 1.82) is 0 Å². The van der Waals surface area contributed by atoms with Gasteiger partial charge in [0.15, 0.2) is 11.7 Å². The van der Waals surface area contributed by atoms with Crippen molar-refractivity contribution in [2.24, 2.45) is 20.0 Å². The van der Waals surface area contributed by atoms with Crippen molar-refractivity contribution in [3.05, 3.63) is 96.8 Å². The first-order valence-corrected chi connectivity index (χ1v) is 11.8. The van der Waals surface area contributed by atoms with Gasteiger partial charge in [-0.15, -0.1) is 0 Å². The fourth-order valence-electron chi connectivity index (χ4n) is 2.34. The maximum atomic E-state index is 4.49. The van der Waals surface area contributed by atoms with E-state index >= 15 is 0 Å².